The van der Waals surface area contributed by atoms with Gasteiger partial charge in [0.2, 0.25) is 0 Å². The number of rotatable bonds is 10. The van der Waals surface area contributed by atoms with Crippen LogP contribution in [-0.4, -0.2) is 78.3 Å². The van der Waals surface area contributed by atoms with Gasteiger partial charge in [0.25, 0.3) is 0 Å². The van der Waals surface area contributed by atoms with Crippen LogP contribution in [0.3, 0.4) is 0 Å². The van der Waals surface area contributed by atoms with Crippen LogP contribution in [0.25, 0.3) is 0 Å². The minimum atomic E-state index is -0.473. The summed E-state index contributed by atoms with van der Waals surface area (Å²) in [6.45, 7) is 0.217. The molecule has 17 heavy (non-hydrogen) atoms. The molecule has 0 aromatic carbocycles. The van der Waals surface area contributed by atoms with E-state index in [1.54, 1.807) is 21.3 Å². The molecule has 6 nitrogen and oxygen atoms in total. The van der Waals surface area contributed by atoms with E-state index < -0.39 is 12.2 Å². The van der Waals surface area contributed by atoms with Crippen LogP contribution in [0, 0.1) is 0 Å². The largest absolute Gasteiger partial charge is 0.394 e. The monoisotopic (exact) mass is 252 g/mol. The van der Waals surface area contributed by atoms with Crippen molar-refractivity contribution in [2.45, 2.75) is 24.4 Å². The highest BCUT2D eigenvalue weighted by atomic mass is 16.6. The Labute approximate surface area is 103 Å². The van der Waals surface area contributed by atoms with Crippen molar-refractivity contribution in [3.63, 3.8) is 0 Å². The molecule has 6 heteroatoms. The highest BCUT2D eigenvalue weighted by molar-refractivity contribution is 4.84. The van der Waals surface area contributed by atoms with Gasteiger partial charge in [0.05, 0.1) is 13.2 Å². The topological polar surface area (TPSA) is 66.4 Å². The normalized spacial score (nSPS) is 18.7. The van der Waals surface area contributed by atoms with Gasteiger partial charge in [-0.2, -0.15) is 0 Å². The second-order valence-electron chi connectivity index (χ2n) is 3.59. The Morgan fingerprint density at radius 1 is 0.765 bits per heavy atom. The van der Waals surface area contributed by atoms with E-state index in [2.05, 4.69) is 0 Å². The molecule has 0 spiro atoms. The molecule has 0 radical (unpaired) electrons. The van der Waals surface area contributed by atoms with Gasteiger partial charge in [-0.25, -0.2) is 0 Å². The molecule has 1 N–H and O–H groups in total. The Balaban J connectivity index is 4.76. The third kappa shape index (κ3) is 4.87. The van der Waals surface area contributed by atoms with E-state index in [0.717, 1.165) is 0 Å². The molecule has 0 fully saturated rings. The zero-order valence-corrected chi connectivity index (χ0v) is 11.2. The van der Waals surface area contributed by atoms with Gasteiger partial charge >= 0.3 is 0 Å². The summed E-state index contributed by atoms with van der Waals surface area (Å²) in [6, 6.07) is 0. The van der Waals surface area contributed by atoms with E-state index in [-0.39, 0.29) is 18.8 Å². The predicted molar refractivity (Wildman–Crippen MR) is 62.1 cm³/mol. The van der Waals surface area contributed by atoms with Gasteiger partial charge in [0.15, 0.2) is 0 Å². The quantitative estimate of drug-likeness (QED) is 0.575. The van der Waals surface area contributed by atoms with E-state index in [1.165, 1.54) is 14.2 Å². The van der Waals surface area contributed by atoms with Crippen LogP contribution in [0.2, 0.25) is 0 Å². The molecular weight excluding hydrogens is 228 g/mol. The molecule has 0 heterocycles. The van der Waals surface area contributed by atoms with Crippen LogP contribution in [0.4, 0.5) is 0 Å². The zero-order chi connectivity index (χ0) is 13.3. The summed E-state index contributed by atoms with van der Waals surface area (Å²) in [6.07, 6.45) is -1.59. The molecule has 0 aliphatic carbocycles. The molecule has 0 aromatic heterocycles. The van der Waals surface area contributed by atoms with Crippen LogP contribution in [0.5, 0.6) is 0 Å². The minimum Gasteiger partial charge on any atom is -0.394 e. The Hall–Kier alpha value is -0.240. The smallest absolute Gasteiger partial charge is 0.114 e. The first-order valence-corrected chi connectivity index (χ1v) is 5.41. The highest BCUT2D eigenvalue weighted by Crippen LogP contribution is 2.16. The second kappa shape index (κ2) is 9.76. The fourth-order valence-electron chi connectivity index (χ4n) is 1.77. The fourth-order valence-corrected chi connectivity index (χ4v) is 1.77. The number of hydrogen-bond donors (Lipinski definition) is 1. The van der Waals surface area contributed by atoms with Crippen LogP contribution in [0.15, 0.2) is 0 Å². The lowest BCUT2D eigenvalue weighted by atomic mass is 10.0. The Morgan fingerprint density at radius 3 is 1.53 bits per heavy atom. The first-order chi connectivity index (χ1) is 8.19. The summed E-state index contributed by atoms with van der Waals surface area (Å²) < 4.78 is 26.2. The molecule has 0 amide bonds. The van der Waals surface area contributed by atoms with Gasteiger partial charge in [0.1, 0.15) is 24.4 Å². The lowest BCUT2D eigenvalue weighted by molar-refractivity contribution is -0.164. The standard InChI is InChI=1S/C11H24O6/c1-13-7-9(15-3)11(17-5)10(16-4)8(6-12)14-2/h8-12H,6-7H2,1-5H3/t8-,9+,10+,11-/m1/s1. The number of hydrogen-bond acceptors (Lipinski definition) is 6. The first-order valence-electron chi connectivity index (χ1n) is 5.41. The maximum atomic E-state index is 9.22. The summed E-state index contributed by atoms with van der Waals surface area (Å²) in [7, 11) is 7.77. The van der Waals surface area contributed by atoms with E-state index in [9.17, 15) is 5.11 Å². The van der Waals surface area contributed by atoms with Crippen molar-refractivity contribution in [2.24, 2.45) is 0 Å². The average Bonchev–Trinajstić information content (AvgIpc) is 2.37. The van der Waals surface area contributed by atoms with Crippen LogP contribution in [-0.2, 0) is 23.7 Å². The molecule has 0 aliphatic heterocycles. The van der Waals surface area contributed by atoms with Gasteiger partial charge in [-0.15, -0.1) is 0 Å². The SMILES string of the molecule is COC[C@H](OC)[C@@H](OC)[C@@H](OC)[C@@H](CO)OC. The third-order valence-corrected chi connectivity index (χ3v) is 2.72. The molecule has 0 saturated heterocycles. The van der Waals surface area contributed by atoms with E-state index in [1.807, 2.05) is 0 Å². The minimum absolute atomic E-state index is 0.154. The number of ether oxygens (including phenoxy) is 5. The number of aliphatic hydroxyl groups excluding tert-OH is 1. The van der Waals surface area contributed by atoms with Gasteiger partial charge < -0.3 is 28.8 Å². The van der Waals surface area contributed by atoms with Crippen LogP contribution in [0.1, 0.15) is 0 Å². The van der Waals surface area contributed by atoms with Crippen LogP contribution >= 0.6 is 0 Å². The Bertz CT molecular complexity index is 173. The molecule has 0 unspecified atom stereocenters. The van der Waals surface area contributed by atoms with Gasteiger partial charge in [0, 0.05) is 35.5 Å². The van der Waals surface area contributed by atoms with E-state index >= 15 is 0 Å². The lowest BCUT2D eigenvalue weighted by Gasteiger charge is -2.34. The van der Waals surface area contributed by atoms with E-state index in [0.29, 0.717) is 6.61 Å². The highest BCUT2D eigenvalue weighted by Gasteiger charge is 2.35. The van der Waals surface area contributed by atoms with Crippen molar-refractivity contribution in [3.05, 3.63) is 0 Å². The molecule has 4 atom stereocenters. The summed E-state index contributed by atoms with van der Waals surface area (Å²) in [5.74, 6) is 0. The van der Waals surface area contributed by atoms with Gasteiger partial charge in [-0.05, 0) is 0 Å². The van der Waals surface area contributed by atoms with Crippen molar-refractivity contribution in [1.29, 1.82) is 0 Å². The summed E-state index contributed by atoms with van der Waals surface area (Å²) in [4.78, 5) is 0. The van der Waals surface area contributed by atoms with Crippen LogP contribution < -0.4 is 0 Å². The Morgan fingerprint density at radius 2 is 1.24 bits per heavy atom. The van der Waals surface area contributed by atoms with Crippen molar-refractivity contribution < 1.29 is 28.8 Å². The number of methoxy groups -OCH3 is 5. The molecule has 0 rings (SSSR count). The summed E-state index contributed by atoms with van der Waals surface area (Å²) >= 11 is 0. The molecular formula is C11H24O6. The summed E-state index contributed by atoms with van der Waals surface area (Å²) in [5, 5.41) is 9.22. The zero-order valence-electron chi connectivity index (χ0n) is 11.2. The third-order valence-electron chi connectivity index (χ3n) is 2.72. The molecule has 0 saturated carbocycles. The first kappa shape index (κ1) is 16.8. The predicted octanol–water partition coefficient (Wildman–Crippen LogP) is -0.315. The Kier molecular flexibility index (Phi) is 9.62. The molecule has 104 valence electrons. The fraction of sp³-hybridized carbons (Fsp3) is 1.00. The molecule has 0 bridgehead atoms. The average molecular weight is 252 g/mol. The maximum Gasteiger partial charge on any atom is 0.114 e. The van der Waals surface area contributed by atoms with E-state index in [4.69, 9.17) is 23.7 Å². The lowest BCUT2D eigenvalue weighted by Crippen LogP contribution is -2.50. The van der Waals surface area contributed by atoms with Crippen molar-refractivity contribution in [1.82, 2.24) is 0 Å². The van der Waals surface area contributed by atoms with Crippen molar-refractivity contribution >= 4 is 0 Å². The van der Waals surface area contributed by atoms with Crippen molar-refractivity contribution in [2.75, 3.05) is 48.8 Å². The number of aliphatic hydroxyl groups is 1. The van der Waals surface area contributed by atoms with Crippen molar-refractivity contribution in [3.8, 4) is 0 Å². The molecule has 0 aromatic rings. The summed E-state index contributed by atoms with van der Waals surface area (Å²) in [5.41, 5.74) is 0. The molecule has 0 aliphatic rings. The maximum absolute atomic E-state index is 9.22. The van der Waals surface area contributed by atoms with Gasteiger partial charge in [-0.1, -0.05) is 0 Å². The second-order valence-corrected chi connectivity index (χ2v) is 3.59. The van der Waals surface area contributed by atoms with Gasteiger partial charge in [-0.3, -0.25) is 0 Å².